The fourth-order valence-corrected chi connectivity index (χ4v) is 6.20. The zero-order chi connectivity index (χ0) is 49.3. The molecule has 6 atom stereocenters. The van der Waals surface area contributed by atoms with Gasteiger partial charge in [-0.3, -0.25) is 0 Å². The molecule has 0 bridgehead atoms. The summed E-state index contributed by atoms with van der Waals surface area (Å²) in [4.78, 5) is 55.3. The van der Waals surface area contributed by atoms with Crippen LogP contribution in [-0.4, -0.2) is 143 Å². The number of benzene rings is 5. The van der Waals surface area contributed by atoms with Crippen molar-refractivity contribution in [2.75, 3.05) is 6.61 Å². The number of aliphatic hydroxyl groups excluding tert-OH is 1. The van der Waals surface area contributed by atoms with Crippen molar-refractivity contribution in [3.8, 4) is 86.2 Å². The molecule has 0 radical (unpaired) electrons. The van der Waals surface area contributed by atoms with E-state index in [1.807, 2.05) is 0 Å². The van der Waals surface area contributed by atoms with E-state index in [1.54, 1.807) is 0 Å². The van der Waals surface area contributed by atoms with Crippen molar-refractivity contribution < 1.29 is 129 Å². The van der Waals surface area contributed by atoms with Crippen LogP contribution < -0.4 is 0 Å². The Labute approximate surface area is 371 Å². The van der Waals surface area contributed by atoms with Gasteiger partial charge in [0.15, 0.2) is 105 Å². The Hall–Kier alpha value is -9.14. The summed E-state index contributed by atoms with van der Waals surface area (Å²) in [5.41, 5.74) is -3.62. The Kier molecular flexibility index (Phi) is 13.1. The van der Waals surface area contributed by atoms with E-state index in [0.717, 1.165) is 12.1 Å². The summed E-state index contributed by atoms with van der Waals surface area (Å²) in [6, 6.07) is 5.89. The standard InChI is InChI=1S/C41H34O26/c42-17-1-12(2-18(43)28(17)52)36(57)62-11-27-33(64-37(58)13-3-19(44)29(53)20(45)4-13)34(65-38(59)14-5-21(46)30(54)22(47)6-14)35(66-39(60)15-7-23(48)31(55)24(49)8-15)41(63-27)67-40(61)16-9-25(50)32(56)26(51)10-16/h1-10,27,33-36,41-57H,11H2/t27-,33-,34+,35-,36?,41+/m1/s1. The average molecular weight is 943 g/mol. The predicted octanol–water partition coefficient (Wildman–Crippen LogP) is 1.54. The summed E-state index contributed by atoms with van der Waals surface area (Å²) in [5.74, 6) is -22.7. The molecular weight excluding hydrogens is 908 g/mol. The zero-order valence-corrected chi connectivity index (χ0v) is 33.2. The number of rotatable bonds is 12. The molecule has 0 spiro atoms. The Bertz CT molecular complexity index is 2670. The highest BCUT2D eigenvalue weighted by molar-refractivity contribution is 5.94. The summed E-state index contributed by atoms with van der Waals surface area (Å²) in [7, 11) is 0. The van der Waals surface area contributed by atoms with Crippen LogP contribution in [0.5, 0.6) is 86.2 Å². The van der Waals surface area contributed by atoms with Crippen LogP contribution in [0.25, 0.3) is 0 Å². The van der Waals surface area contributed by atoms with Crippen LogP contribution in [0, 0.1) is 0 Å². The maximum absolute atomic E-state index is 13.9. The SMILES string of the molecule is O=C(O[C@@H]1O[C@H](COC(O)c2cc(O)c(O)c(O)c2)[C@@H](OC(=O)c2cc(O)c(O)c(O)c2)[C@H](OC(=O)c2cc(O)c(O)c(O)c2)[C@H]1OC(=O)c1cc(O)c(O)c(O)c1)c1cc(O)c(O)c(O)c1. The quantitative estimate of drug-likeness (QED) is 0.0365. The molecule has 0 aliphatic carbocycles. The van der Waals surface area contributed by atoms with Gasteiger partial charge in [0.2, 0.25) is 12.4 Å². The minimum absolute atomic E-state index is 0.468. The number of phenols is 15. The number of hydrogen-bond donors (Lipinski definition) is 16. The largest absolute Gasteiger partial charge is 0.504 e. The molecule has 67 heavy (non-hydrogen) atoms. The maximum Gasteiger partial charge on any atom is 0.340 e. The van der Waals surface area contributed by atoms with Gasteiger partial charge in [0, 0.05) is 5.56 Å². The number of ether oxygens (including phenoxy) is 6. The maximum atomic E-state index is 13.9. The number of carbonyl (C=O) groups excluding carboxylic acids is 4. The lowest BCUT2D eigenvalue weighted by Crippen LogP contribution is -2.63. The Morgan fingerprint density at radius 2 is 0.672 bits per heavy atom. The van der Waals surface area contributed by atoms with Gasteiger partial charge in [0.1, 0.15) is 6.10 Å². The monoisotopic (exact) mass is 942 g/mol. The molecule has 26 nitrogen and oxygen atoms in total. The smallest absolute Gasteiger partial charge is 0.340 e. The number of phenolic OH excluding ortho intramolecular Hbond substituents is 15. The van der Waals surface area contributed by atoms with Crippen LogP contribution in [-0.2, 0) is 28.4 Å². The van der Waals surface area contributed by atoms with Crippen molar-refractivity contribution in [1.29, 1.82) is 0 Å². The molecule has 1 saturated heterocycles. The molecule has 1 heterocycles. The van der Waals surface area contributed by atoms with E-state index in [0.29, 0.717) is 48.5 Å². The van der Waals surface area contributed by atoms with Crippen molar-refractivity contribution in [2.24, 2.45) is 0 Å². The van der Waals surface area contributed by atoms with Crippen molar-refractivity contribution in [3.05, 3.63) is 88.5 Å². The topological polar surface area (TPSA) is 447 Å². The van der Waals surface area contributed by atoms with Gasteiger partial charge in [0.05, 0.1) is 28.9 Å². The lowest BCUT2D eigenvalue weighted by molar-refractivity contribution is -0.291. The fraction of sp³-hybridized carbons (Fsp3) is 0.171. The second-order valence-corrected chi connectivity index (χ2v) is 14.1. The van der Waals surface area contributed by atoms with Crippen molar-refractivity contribution in [1.82, 2.24) is 0 Å². The van der Waals surface area contributed by atoms with Gasteiger partial charge >= 0.3 is 23.9 Å². The molecular formula is C41H34O26. The molecule has 16 N–H and O–H groups in total. The van der Waals surface area contributed by atoms with Crippen LogP contribution in [0.3, 0.4) is 0 Å². The van der Waals surface area contributed by atoms with Crippen molar-refractivity contribution >= 4 is 23.9 Å². The number of aromatic hydroxyl groups is 15. The molecule has 1 unspecified atom stereocenters. The summed E-state index contributed by atoms with van der Waals surface area (Å²) >= 11 is 0. The van der Waals surface area contributed by atoms with Crippen molar-refractivity contribution in [3.63, 3.8) is 0 Å². The third-order valence-electron chi connectivity index (χ3n) is 9.56. The Morgan fingerprint density at radius 3 is 1.00 bits per heavy atom. The van der Waals surface area contributed by atoms with E-state index in [1.165, 1.54) is 0 Å². The highest BCUT2D eigenvalue weighted by Gasteiger charge is 2.55. The van der Waals surface area contributed by atoms with Gasteiger partial charge < -0.3 is 110 Å². The molecule has 0 aromatic heterocycles. The van der Waals surface area contributed by atoms with Gasteiger partial charge in [-0.05, 0) is 60.7 Å². The van der Waals surface area contributed by atoms with Gasteiger partial charge in [-0.15, -0.1) is 0 Å². The molecule has 0 amide bonds. The lowest BCUT2D eigenvalue weighted by atomic mass is 9.97. The Balaban J connectivity index is 1.52. The highest BCUT2D eigenvalue weighted by atomic mass is 16.7. The summed E-state index contributed by atoms with van der Waals surface area (Å²) < 4.78 is 33.5. The predicted molar refractivity (Wildman–Crippen MR) is 210 cm³/mol. The van der Waals surface area contributed by atoms with Gasteiger partial charge in [0.25, 0.3) is 0 Å². The van der Waals surface area contributed by atoms with Crippen LogP contribution >= 0.6 is 0 Å². The van der Waals surface area contributed by atoms with E-state index in [9.17, 15) is 101 Å². The summed E-state index contributed by atoms with van der Waals surface area (Å²) in [6.45, 7) is -1.16. The Morgan fingerprint density at radius 1 is 0.403 bits per heavy atom. The second-order valence-electron chi connectivity index (χ2n) is 14.1. The zero-order valence-electron chi connectivity index (χ0n) is 33.2. The number of esters is 4. The molecule has 5 aromatic rings. The molecule has 1 fully saturated rings. The van der Waals surface area contributed by atoms with E-state index >= 15 is 0 Å². The van der Waals surface area contributed by atoms with Gasteiger partial charge in [-0.1, -0.05) is 0 Å². The first-order chi connectivity index (χ1) is 31.4. The normalized spacial score (nSPS) is 18.3. The lowest BCUT2D eigenvalue weighted by Gasteiger charge is -2.44. The first-order valence-electron chi connectivity index (χ1n) is 18.5. The van der Waals surface area contributed by atoms with Crippen LogP contribution in [0.4, 0.5) is 0 Å². The summed E-state index contributed by atoms with van der Waals surface area (Å²) in [5, 5.41) is 162. The number of aliphatic hydroxyl groups is 1. The molecule has 26 heteroatoms. The molecule has 1 aliphatic heterocycles. The van der Waals surface area contributed by atoms with Crippen LogP contribution in [0.1, 0.15) is 53.3 Å². The van der Waals surface area contributed by atoms with E-state index in [2.05, 4.69) is 0 Å². The highest BCUT2D eigenvalue weighted by Crippen LogP contribution is 2.42. The van der Waals surface area contributed by atoms with E-state index in [-0.39, 0.29) is 0 Å². The molecule has 5 aromatic carbocycles. The third-order valence-corrected chi connectivity index (χ3v) is 9.56. The van der Waals surface area contributed by atoms with Crippen LogP contribution in [0.2, 0.25) is 0 Å². The first kappa shape index (κ1) is 47.3. The molecule has 1 aliphatic rings. The van der Waals surface area contributed by atoms with Crippen molar-refractivity contribution in [2.45, 2.75) is 37.0 Å². The third kappa shape index (κ3) is 9.84. The van der Waals surface area contributed by atoms with Crippen LogP contribution in [0.15, 0.2) is 60.7 Å². The second kappa shape index (κ2) is 18.5. The molecule has 6 rings (SSSR count). The molecule has 354 valence electrons. The molecule has 0 saturated carbocycles. The summed E-state index contributed by atoms with van der Waals surface area (Å²) in [6.07, 6.45) is -14.3. The number of hydrogen-bond acceptors (Lipinski definition) is 26. The number of carbonyl (C=O) groups is 4. The minimum atomic E-state index is -2.53. The van der Waals surface area contributed by atoms with E-state index in [4.69, 9.17) is 28.4 Å². The fourth-order valence-electron chi connectivity index (χ4n) is 6.20. The van der Waals surface area contributed by atoms with Gasteiger partial charge in [-0.2, -0.15) is 0 Å². The average Bonchev–Trinajstić information content (AvgIpc) is 3.27. The first-order valence-corrected chi connectivity index (χ1v) is 18.5. The van der Waals surface area contributed by atoms with E-state index < -0.39 is 182 Å². The van der Waals surface area contributed by atoms with Gasteiger partial charge in [-0.25, -0.2) is 19.2 Å². The minimum Gasteiger partial charge on any atom is -0.504 e.